The van der Waals surface area contributed by atoms with Gasteiger partial charge in [0.1, 0.15) is 24.6 Å². The Labute approximate surface area is 185 Å². The number of nitrogens with zero attached hydrogens (tertiary/aromatic N) is 4. The number of carbonyl (C=O) groups is 1. The van der Waals surface area contributed by atoms with Crippen LogP contribution in [0.3, 0.4) is 0 Å². The molecule has 0 aliphatic carbocycles. The largest absolute Gasteiger partial charge is 0.522 e. The van der Waals surface area contributed by atoms with Gasteiger partial charge in [-0.05, 0) is 12.8 Å². The third-order valence-electron chi connectivity index (χ3n) is 4.94. The number of carboxylic acid groups (broad SMARTS) is 1. The SMILES string of the molecule is CC(=O)O.O[C@@H]1[C@H](O)[C@@H](COC(F)(F)F)O[C@H]1n1cnc2c(NC3CCOCC3)ncnc21. The van der Waals surface area contributed by atoms with Crippen LogP contribution in [0.2, 0.25) is 0 Å². The quantitative estimate of drug-likeness (QED) is 0.477. The highest BCUT2D eigenvalue weighted by Crippen LogP contribution is 2.33. The average Bonchev–Trinajstić information content (AvgIpc) is 3.29. The number of aliphatic hydroxyl groups is 2. The van der Waals surface area contributed by atoms with Gasteiger partial charge in [-0.1, -0.05) is 0 Å². The molecule has 4 N–H and O–H groups in total. The van der Waals surface area contributed by atoms with Crippen molar-refractivity contribution in [3.8, 4) is 0 Å². The highest BCUT2D eigenvalue weighted by molar-refractivity contribution is 5.82. The van der Waals surface area contributed by atoms with Gasteiger partial charge in [-0.15, -0.1) is 13.2 Å². The van der Waals surface area contributed by atoms with E-state index in [1.165, 1.54) is 17.2 Å². The van der Waals surface area contributed by atoms with Crippen molar-refractivity contribution in [2.45, 2.75) is 56.7 Å². The van der Waals surface area contributed by atoms with Crippen molar-refractivity contribution < 1.29 is 47.5 Å². The number of ether oxygens (including phenoxy) is 3. The molecule has 4 atom stereocenters. The van der Waals surface area contributed by atoms with Crippen molar-refractivity contribution >= 4 is 23.0 Å². The fourth-order valence-corrected chi connectivity index (χ4v) is 3.45. The number of rotatable bonds is 5. The van der Waals surface area contributed by atoms with E-state index in [9.17, 15) is 23.4 Å². The summed E-state index contributed by atoms with van der Waals surface area (Å²) in [6, 6.07) is 0.158. The van der Waals surface area contributed by atoms with Gasteiger partial charge in [0.05, 0.1) is 12.9 Å². The van der Waals surface area contributed by atoms with Gasteiger partial charge in [0.25, 0.3) is 5.97 Å². The molecular formula is C18H24F3N5O7. The smallest absolute Gasteiger partial charge is 0.481 e. The first-order chi connectivity index (χ1) is 15.6. The number of halogens is 3. The van der Waals surface area contributed by atoms with Crippen molar-refractivity contribution in [2.24, 2.45) is 0 Å². The fraction of sp³-hybridized carbons (Fsp3) is 0.667. The molecule has 12 nitrogen and oxygen atoms in total. The predicted octanol–water partition coefficient (Wildman–Crippen LogP) is 0.664. The summed E-state index contributed by atoms with van der Waals surface area (Å²) in [6.45, 7) is 1.42. The Morgan fingerprint density at radius 2 is 1.91 bits per heavy atom. The number of hydrogen-bond acceptors (Lipinski definition) is 10. The fourth-order valence-electron chi connectivity index (χ4n) is 3.45. The first-order valence-corrected chi connectivity index (χ1v) is 10.0. The van der Waals surface area contributed by atoms with E-state index in [1.807, 2.05) is 0 Å². The maximum Gasteiger partial charge on any atom is 0.522 e. The third kappa shape index (κ3) is 6.48. The minimum atomic E-state index is -4.87. The summed E-state index contributed by atoms with van der Waals surface area (Å²) in [4.78, 5) is 21.6. The van der Waals surface area contributed by atoms with Gasteiger partial charge in [-0.3, -0.25) is 14.1 Å². The first-order valence-electron chi connectivity index (χ1n) is 10.0. The maximum absolute atomic E-state index is 12.3. The minimum absolute atomic E-state index is 0.158. The van der Waals surface area contributed by atoms with Gasteiger partial charge in [-0.25, -0.2) is 15.0 Å². The number of carboxylic acids is 1. The summed E-state index contributed by atoms with van der Waals surface area (Å²) < 4.78 is 52.7. The lowest BCUT2D eigenvalue weighted by molar-refractivity contribution is -0.333. The Bertz CT molecular complexity index is 934. The van der Waals surface area contributed by atoms with Crippen LogP contribution in [0.4, 0.5) is 19.0 Å². The van der Waals surface area contributed by atoms with Crippen LogP contribution in [-0.4, -0.2) is 91.3 Å². The Morgan fingerprint density at radius 1 is 1.24 bits per heavy atom. The molecule has 0 saturated carbocycles. The number of aliphatic carboxylic acids is 1. The molecule has 184 valence electrons. The molecule has 2 saturated heterocycles. The molecule has 4 rings (SSSR count). The molecule has 0 unspecified atom stereocenters. The normalized spacial score (nSPS) is 26.1. The lowest BCUT2D eigenvalue weighted by Gasteiger charge is -2.23. The number of anilines is 1. The number of fused-ring (bicyclic) bond motifs is 1. The molecule has 2 aliphatic heterocycles. The lowest BCUT2D eigenvalue weighted by Crippen LogP contribution is -2.35. The van der Waals surface area contributed by atoms with Gasteiger partial charge >= 0.3 is 6.36 Å². The summed E-state index contributed by atoms with van der Waals surface area (Å²) in [7, 11) is 0. The first kappa shape index (κ1) is 25.0. The summed E-state index contributed by atoms with van der Waals surface area (Å²) >= 11 is 0. The molecule has 2 aromatic heterocycles. The van der Waals surface area contributed by atoms with Crippen molar-refractivity contribution in [3.63, 3.8) is 0 Å². The molecule has 2 fully saturated rings. The number of hydrogen-bond donors (Lipinski definition) is 4. The molecule has 2 aromatic rings. The number of aromatic nitrogens is 4. The van der Waals surface area contributed by atoms with Crippen molar-refractivity contribution in [2.75, 3.05) is 25.1 Å². The second-order valence-electron chi connectivity index (χ2n) is 7.40. The van der Waals surface area contributed by atoms with E-state index in [-0.39, 0.29) is 6.04 Å². The third-order valence-corrected chi connectivity index (χ3v) is 4.94. The molecule has 15 heteroatoms. The summed E-state index contributed by atoms with van der Waals surface area (Å²) in [5.74, 6) is -0.342. The molecule has 2 aliphatic rings. The van der Waals surface area contributed by atoms with E-state index in [4.69, 9.17) is 19.4 Å². The highest BCUT2D eigenvalue weighted by Gasteiger charge is 2.46. The van der Waals surface area contributed by atoms with Crippen LogP contribution in [0, 0.1) is 0 Å². The molecule has 0 amide bonds. The molecule has 33 heavy (non-hydrogen) atoms. The van der Waals surface area contributed by atoms with E-state index in [2.05, 4.69) is 25.0 Å². The topological polar surface area (TPSA) is 161 Å². The minimum Gasteiger partial charge on any atom is -0.481 e. The van der Waals surface area contributed by atoms with Crippen molar-refractivity contribution in [1.29, 1.82) is 0 Å². The van der Waals surface area contributed by atoms with Crippen LogP contribution >= 0.6 is 0 Å². The van der Waals surface area contributed by atoms with E-state index in [0.29, 0.717) is 30.2 Å². The Balaban J connectivity index is 0.000000709. The lowest BCUT2D eigenvalue weighted by atomic mass is 10.1. The van der Waals surface area contributed by atoms with Crippen LogP contribution in [-0.2, 0) is 19.0 Å². The van der Waals surface area contributed by atoms with E-state index >= 15 is 0 Å². The second kappa shape index (κ2) is 10.6. The standard InChI is InChI=1S/C16H20F3N5O5.C2H4O2/c17-16(18,19)28-5-9-11(25)12(26)15(29-9)24-7-22-10-13(20-6-21-14(10)24)23-8-1-3-27-4-2-8;1-2(3)4/h6-9,11-12,15,25-26H,1-5H2,(H,20,21,23);1H3,(H,3,4)/t9-,11-,12-,15-;/m1./s1. The Hall–Kier alpha value is -2.59. The van der Waals surface area contributed by atoms with Gasteiger partial charge < -0.3 is 30.1 Å². The van der Waals surface area contributed by atoms with E-state index in [0.717, 1.165) is 19.8 Å². The molecule has 0 bridgehead atoms. The predicted molar refractivity (Wildman–Crippen MR) is 104 cm³/mol. The average molecular weight is 479 g/mol. The van der Waals surface area contributed by atoms with Crippen LogP contribution in [0.25, 0.3) is 11.2 Å². The Morgan fingerprint density at radius 3 is 2.55 bits per heavy atom. The van der Waals surface area contributed by atoms with Crippen molar-refractivity contribution in [1.82, 2.24) is 19.5 Å². The number of alkyl halides is 3. The van der Waals surface area contributed by atoms with Gasteiger partial charge in [0, 0.05) is 26.2 Å². The maximum atomic E-state index is 12.3. The summed E-state index contributed by atoms with van der Waals surface area (Å²) in [5.41, 5.74) is 0.725. The zero-order chi connectivity index (χ0) is 24.2. The van der Waals surface area contributed by atoms with Crippen LogP contribution < -0.4 is 5.32 Å². The van der Waals surface area contributed by atoms with Crippen LogP contribution in [0.15, 0.2) is 12.7 Å². The summed E-state index contributed by atoms with van der Waals surface area (Å²) in [6.07, 6.45) is -6.21. The molecule has 4 heterocycles. The van der Waals surface area contributed by atoms with Gasteiger partial charge in [-0.2, -0.15) is 0 Å². The monoisotopic (exact) mass is 479 g/mol. The van der Waals surface area contributed by atoms with Crippen LogP contribution in [0.1, 0.15) is 26.0 Å². The van der Waals surface area contributed by atoms with E-state index in [1.54, 1.807) is 0 Å². The molecular weight excluding hydrogens is 455 g/mol. The molecule has 0 spiro atoms. The van der Waals surface area contributed by atoms with Gasteiger partial charge in [0.15, 0.2) is 23.2 Å². The number of imidazole rings is 1. The van der Waals surface area contributed by atoms with Gasteiger partial charge in [0.2, 0.25) is 0 Å². The van der Waals surface area contributed by atoms with Crippen molar-refractivity contribution in [3.05, 3.63) is 12.7 Å². The summed E-state index contributed by atoms with van der Waals surface area (Å²) in [5, 5.41) is 31.0. The molecule has 0 radical (unpaired) electrons. The van der Waals surface area contributed by atoms with E-state index < -0.39 is 43.5 Å². The Kier molecular flexibility index (Phi) is 8.01. The zero-order valence-corrected chi connectivity index (χ0v) is 17.5. The highest BCUT2D eigenvalue weighted by atomic mass is 19.4. The molecule has 0 aromatic carbocycles. The number of nitrogens with one attached hydrogen (secondary N) is 1. The van der Waals surface area contributed by atoms with Crippen LogP contribution in [0.5, 0.6) is 0 Å². The second-order valence-corrected chi connectivity index (χ2v) is 7.40. The zero-order valence-electron chi connectivity index (χ0n) is 17.5. The number of aliphatic hydroxyl groups excluding tert-OH is 2.